The Bertz CT molecular complexity index is 1070. The van der Waals surface area contributed by atoms with Crippen LogP contribution in [0.1, 0.15) is 23.6 Å². The van der Waals surface area contributed by atoms with E-state index in [0.29, 0.717) is 5.82 Å². The van der Waals surface area contributed by atoms with Crippen molar-refractivity contribution in [2.24, 2.45) is 0 Å². The second kappa shape index (κ2) is 6.17. The summed E-state index contributed by atoms with van der Waals surface area (Å²) >= 11 is 0. The number of nitrogens with one attached hydrogen (secondary N) is 1. The standard InChI is InChI=1S/C17H15F2N7/c1-10-15(11(2)25(23-10)12-6-4-3-5-7-12)20-13-8-9-14-21-22-17(16(18)19)26(14)24-13/h3-9,16H,1-2H3,(H,20,24). The van der Waals surface area contributed by atoms with Gasteiger partial charge < -0.3 is 5.32 Å². The zero-order valence-corrected chi connectivity index (χ0v) is 14.1. The Morgan fingerprint density at radius 3 is 2.46 bits per heavy atom. The number of halogens is 2. The molecule has 4 aromatic rings. The quantitative estimate of drug-likeness (QED) is 0.605. The lowest BCUT2D eigenvalue weighted by Gasteiger charge is -2.08. The topological polar surface area (TPSA) is 72.9 Å². The van der Waals surface area contributed by atoms with Crippen LogP contribution in [-0.2, 0) is 0 Å². The molecule has 3 heterocycles. The van der Waals surface area contributed by atoms with E-state index in [-0.39, 0.29) is 5.65 Å². The molecule has 0 aliphatic rings. The van der Waals surface area contributed by atoms with Crippen molar-refractivity contribution in [1.29, 1.82) is 0 Å². The first-order chi connectivity index (χ1) is 12.5. The Morgan fingerprint density at radius 2 is 1.73 bits per heavy atom. The maximum Gasteiger partial charge on any atom is 0.299 e. The van der Waals surface area contributed by atoms with Crippen molar-refractivity contribution < 1.29 is 8.78 Å². The third-order valence-corrected chi connectivity index (χ3v) is 4.03. The van der Waals surface area contributed by atoms with Gasteiger partial charge in [0, 0.05) is 0 Å². The average molecular weight is 355 g/mol. The molecular formula is C17H15F2N7. The molecule has 0 unspecified atom stereocenters. The second-order valence-corrected chi connectivity index (χ2v) is 5.77. The van der Waals surface area contributed by atoms with Gasteiger partial charge >= 0.3 is 0 Å². The molecule has 0 spiro atoms. The summed E-state index contributed by atoms with van der Waals surface area (Å²) in [6, 6.07) is 13.0. The second-order valence-electron chi connectivity index (χ2n) is 5.77. The van der Waals surface area contributed by atoms with Gasteiger partial charge in [-0.1, -0.05) is 18.2 Å². The van der Waals surface area contributed by atoms with Crippen molar-refractivity contribution in [3.63, 3.8) is 0 Å². The molecule has 0 saturated carbocycles. The molecule has 132 valence electrons. The summed E-state index contributed by atoms with van der Waals surface area (Å²) in [5.41, 5.74) is 3.62. The number of aromatic nitrogens is 6. The minimum atomic E-state index is -2.75. The molecule has 0 aliphatic carbocycles. The largest absolute Gasteiger partial charge is 0.336 e. The van der Waals surface area contributed by atoms with Gasteiger partial charge in [-0.15, -0.1) is 15.3 Å². The zero-order valence-electron chi connectivity index (χ0n) is 14.1. The van der Waals surface area contributed by atoms with E-state index in [1.165, 1.54) is 0 Å². The smallest absolute Gasteiger partial charge is 0.299 e. The Kier molecular flexibility index (Phi) is 3.83. The lowest BCUT2D eigenvalue weighted by Crippen LogP contribution is -2.04. The Labute approximate surface area is 147 Å². The highest BCUT2D eigenvalue weighted by Crippen LogP contribution is 2.26. The lowest BCUT2D eigenvalue weighted by atomic mass is 10.3. The van der Waals surface area contributed by atoms with Crippen LogP contribution < -0.4 is 5.32 Å². The van der Waals surface area contributed by atoms with E-state index in [2.05, 4.69) is 25.7 Å². The van der Waals surface area contributed by atoms with Crippen LogP contribution in [0.15, 0.2) is 42.5 Å². The van der Waals surface area contributed by atoms with Crippen molar-refractivity contribution >= 4 is 17.2 Å². The number of anilines is 2. The van der Waals surface area contributed by atoms with Gasteiger partial charge in [-0.3, -0.25) is 0 Å². The Morgan fingerprint density at radius 1 is 0.962 bits per heavy atom. The number of benzene rings is 1. The van der Waals surface area contributed by atoms with Crippen molar-refractivity contribution in [2.45, 2.75) is 20.3 Å². The van der Waals surface area contributed by atoms with Crippen LogP contribution in [-0.4, -0.2) is 29.6 Å². The number of fused-ring (bicyclic) bond motifs is 1. The predicted molar refractivity (Wildman–Crippen MR) is 92.1 cm³/mol. The first kappa shape index (κ1) is 16.1. The molecule has 0 radical (unpaired) electrons. The van der Waals surface area contributed by atoms with Gasteiger partial charge in [0.05, 0.1) is 22.8 Å². The minimum absolute atomic E-state index is 0.263. The Hall–Kier alpha value is -3.36. The van der Waals surface area contributed by atoms with E-state index in [9.17, 15) is 8.78 Å². The summed E-state index contributed by atoms with van der Waals surface area (Å²) in [4.78, 5) is 0. The van der Waals surface area contributed by atoms with E-state index < -0.39 is 12.2 Å². The summed E-state index contributed by atoms with van der Waals surface area (Å²) in [7, 11) is 0. The van der Waals surface area contributed by atoms with Crippen LogP contribution in [0.25, 0.3) is 11.3 Å². The highest BCUT2D eigenvalue weighted by molar-refractivity contribution is 5.63. The number of hydrogen-bond donors (Lipinski definition) is 1. The molecule has 3 aromatic heterocycles. The van der Waals surface area contributed by atoms with Crippen molar-refractivity contribution in [2.75, 3.05) is 5.32 Å². The van der Waals surface area contributed by atoms with Gasteiger partial charge in [-0.25, -0.2) is 13.5 Å². The normalized spacial score (nSPS) is 11.4. The molecule has 7 nitrogen and oxygen atoms in total. The summed E-state index contributed by atoms with van der Waals surface area (Å²) in [5, 5.41) is 19.1. The number of rotatable bonds is 4. The summed E-state index contributed by atoms with van der Waals surface area (Å²) in [6.45, 7) is 3.80. The molecule has 0 aliphatic heterocycles. The Balaban J connectivity index is 1.73. The number of alkyl halides is 2. The molecule has 26 heavy (non-hydrogen) atoms. The van der Waals surface area contributed by atoms with Gasteiger partial charge in [-0.2, -0.15) is 9.61 Å². The van der Waals surface area contributed by atoms with Crippen molar-refractivity contribution in [3.05, 3.63) is 59.7 Å². The van der Waals surface area contributed by atoms with Crippen molar-refractivity contribution in [1.82, 2.24) is 29.6 Å². The van der Waals surface area contributed by atoms with Gasteiger partial charge in [0.2, 0.25) is 5.82 Å². The van der Waals surface area contributed by atoms with Gasteiger partial charge in [0.1, 0.15) is 0 Å². The highest BCUT2D eigenvalue weighted by Gasteiger charge is 2.18. The molecule has 0 fully saturated rings. The average Bonchev–Trinajstić information content (AvgIpc) is 3.18. The molecule has 0 amide bonds. The number of nitrogens with zero attached hydrogens (tertiary/aromatic N) is 6. The van der Waals surface area contributed by atoms with Crippen LogP contribution in [0.2, 0.25) is 0 Å². The zero-order chi connectivity index (χ0) is 18.3. The van der Waals surface area contributed by atoms with E-state index in [1.54, 1.807) is 12.1 Å². The number of aryl methyl sites for hydroxylation is 1. The molecule has 0 atom stereocenters. The maximum atomic E-state index is 13.0. The monoisotopic (exact) mass is 355 g/mol. The molecule has 9 heteroatoms. The fourth-order valence-electron chi connectivity index (χ4n) is 2.78. The molecule has 0 saturated heterocycles. The third-order valence-electron chi connectivity index (χ3n) is 4.03. The number of para-hydroxylation sites is 1. The fraction of sp³-hybridized carbons (Fsp3) is 0.176. The molecule has 1 N–H and O–H groups in total. The highest BCUT2D eigenvalue weighted by atomic mass is 19.3. The summed E-state index contributed by atoms with van der Waals surface area (Å²) < 4.78 is 28.9. The summed E-state index contributed by atoms with van der Waals surface area (Å²) in [6.07, 6.45) is -2.75. The van der Waals surface area contributed by atoms with Crippen LogP contribution in [0.5, 0.6) is 0 Å². The van der Waals surface area contributed by atoms with Gasteiger partial charge in [0.25, 0.3) is 6.43 Å². The molecule has 4 rings (SSSR count). The minimum Gasteiger partial charge on any atom is -0.336 e. The molecular weight excluding hydrogens is 340 g/mol. The molecule has 0 bridgehead atoms. The van der Waals surface area contributed by atoms with Crippen molar-refractivity contribution in [3.8, 4) is 5.69 Å². The van der Waals surface area contributed by atoms with Crippen LogP contribution in [0, 0.1) is 13.8 Å². The van der Waals surface area contributed by atoms with E-state index in [4.69, 9.17) is 0 Å². The first-order valence-electron chi connectivity index (χ1n) is 7.94. The SMILES string of the molecule is Cc1nn(-c2ccccc2)c(C)c1Nc1ccc2nnc(C(F)F)n2n1. The van der Waals surface area contributed by atoms with E-state index >= 15 is 0 Å². The third kappa shape index (κ3) is 2.67. The van der Waals surface area contributed by atoms with Crippen LogP contribution in [0.4, 0.5) is 20.3 Å². The first-order valence-corrected chi connectivity index (χ1v) is 7.94. The van der Waals surface area contributed by atoms with E-state index in [0.717, 1.165) is 27.3 Å². The summed E-state index contributed by atoms with van der Waals surface area (Å²) in [5.74, 6) is -0.0879. The van der Waals surface area contributed by atoms with Crippen LogP contribution >= 0.6 is 0 Å². The lowest BCUT2D eigenvalue weighted by molar-refractivity contribution is 0.137. The van der Waals surface area contributed by atoms with Gasteiger partial charge in [-0.05, 0) is 38.1 Å². The number of hydrogen-bond acceptors (Lipinski definition) is 5. The van der Waals surface area contributed by atoms with E-state index in [1.807, 2.05) is 48.9 Å². The van der Waals surface area contributed by atoms with Gasteiger partial charge in [0.15, 0.2) is 11.5 Å². The molecule has 1 aromatic carbocycles. The maximum absolute atomic E-state index is 13.0. The van der Waals surface area contributed by atoms with Crippen LogP contribution in [0.3, 0.4) is 0 Å². The predicted octanol–water partition coefficient (Wildman–Crippen LogP) is 3.61. The fourth-order valence-corrected chi connectivity index (χ4v) is 2.78.